The van der Waals surface area contributed by atoms with Crippen molar-refractivity contribution in [3.63, 3.8) is 0 Å². The lowest BCUT2D eigenvalue weighted by molar-refractivity contribution is 1.77. The van der Waals surface area contributed by atoms with Crippen LogP contribution in [0, 0.1) is 0 Å². The molecule has 0 radical (unpaired) electrons. The fraction of sp³-hybridized carbons (Fsp3) is 0. The highest BCUT2D eigenvalue weighted by molar-refractivity contribution is 6.33. The molecule has 324 valence electrons. The van der Waals surface area contributed by atoms with Crippen molar-refractivity contribution in [1.29, 1.82) is 0 Å². The first-order chi connectivity index (χ1) is 34.8. The monoisotopic (exact) mass is 884 g/mol. The molecule has 70 heavy (non-hydrogen) atoms. The first kappa shape index (κ1) is 40.0. The zero-order valence-electron chi connectivity index (χ0n) is 38.4. The average Bonchev–Trinajstić information content (AvgIpc) is 3.45. The largest absolute Gasteiger partial charge is 0.0616 e. The molecule has 16 rings (SSSR count). The van der Waals surface area contributed by atoms with Crippen molar-refractivity contribution in [2.45, 2.75) is 0 Å². The fourth-order valence-corrected chi connectivity index (χ4v) is 11.8. The van der Waals surface area contributed by atoms with E-state index < -0.39 is 0 Å². The van der Waals surface area contributed by atoms with E-state index in [1.165, 1.54) is 140 Å². The van der Waals surface area contributed by atoms with Gasteiger partial charge in [-0.05, 0) is 164 Å². The first-order valence-electron chi connectivity index (χ1n) is 24.3. The number of benzene rings is 16. The maximum atomic E-state index is 2.42. The fourth-order valence-electron chi connectivity index (χ4n) is 11.8. The van der Waals surface area contributed by atoms with Crippen LogP contribution in [0.25, 0.3) is 140 Å². The summed E-state index contributed by atoms with van der Waals surface area (Å²) in [5, 5.41) is 34.6. The Bertz CT molecular complexity index is 4190. The van der Waals surface area contributed by atoms with Gasteiger partial charge in [0.05, 0.1) is 0 Å². The van der Waals surface area contributed by atoms with Gasteiger partial charge in [-0.1, -0.05) is 243 Å². The maximum Gasteiger partial charge on any atom is -0.00923 e. The lowest BCUT2D eigenvalue weighted by atomic mass is 9.89. The van der Waals surface area contributed by atoms with Gasteiger partial charge in [0.2, 0.25) is 0 Å². The Kier molecular flexibility index (Phi) is 9.32. The van der Waals surface area contributed by atoms with Gasteiger partial charge in [-0.25, -0.2) is 0 Å². The second-order valence-corrected chi connectivity index (χ2v) is 18.6. The van der Waals surface area contributed by atoms with Crippen LogP contribution in [0.3, 0.4) is 0 Å². The summed E-state index contributed by atoms with van der Waals surface area (Å²) < 4.78 is 0. The molecule has 0 heteroatoms. The first-order valence-corrected chi connectivity index (χ1v) is 24.3. The van der Waals surface area contributed by atoms with Gasteiger partial charge in [0.15, 0.2) is 0 Å². The summed E-state index contributed by atoms with van der Waals surface area (Å²) >= 11 is 0. The van der Waals surface area contributed by atoms with Crippen molar-refractivity contribution in [2.75, 3.05) is 0 Å². The molecule has 0 bridgehead atoms. The third kappa shape index (κ3) is 6.31. The molecule has 0 fully saturated rings. The lowest BCUT2D eigenvalue weighted by Gasteiger charge is -2.15. The van der Waals surface area contributed by atoms with Crippen molar-refractivity contribution in [3.05, 3.63) is 267 Å². The molecule has 0 aliphatic heterocycles. The van der Waals surface area contributed by atoms with E-state index in [1.54, 1.807) is 0 Å². The van der Waals surface area contributed by atoms with E-state index in [1.807, 2.05) is 0 Å². The standard InChI is InChI=1S/C30H18.C22H14.C18H12/c1-5-13-23-19(9-1)20-10-2-6-14-24(20)28-18-30-26-16-8-4-12-22(26)21-11-3-7-15-25(21)29(30)17-27(23)28;1-2-8-16-14-22-20-12-6-4-10-18(20)17-9-3-5-11-19(17)21(22)13-15(16)7-1;1-2-8-14-13(7-1)15-9-3-4-11-17(15)18-12-6-5-10-16(14)18/h1-18H;1-14H;1-12H. The quantitative estimate of drug-likeness (QED) is 0.105. The van der Waals surface area contributed by atoms with Crippen LogP contribution in [-0.2, 0) is 0 Å². The smallest absolute Gasteiger partial charge is 0.00923 e. The molecule has 0 spiro atoms. The van der Waals surface area contributed by atoms with Gasteiger partial charge in [0.25, 0.3) is 0 Å². The zero-order chi connectivity index (χ0) is 46.1. The van der Waals surface area contributed by atoms with E-state index in [0.29, 0.717) is 0 Å². The van der Waals surface area contributed by atoms with Crippen molar-refractivity contribution < 1.29 is 0 Å². The third-order valence-corrected chi connectivity index (χ3v) is 14.9. The van der Waals surface area contributed by atoms with Crippen LogP contribution in [-0.4, -0.2) is 0 Å². The number of fused-ring (bicyclic) bond motifs is 25. The average molecular weight is 885 g/mol. The van der Waals surface area contributed by atoms with E-state index in [9.17, 15) is 0 Å². The summed E-state index contributed by atoms with van der Waals surface area (Å²) in [6, 6.07) is 96.8. The van der Waals surface area contributed by atoms with Crippen molar-refractivity contribution in [3.8, 4) is 0 Å². The molecular weight excluding hydrogens is 841 g/mol. The van der Waals surface area contributed by atoms with Crippen molar-refractivity contribution in [1.82, 2.24) is 0 Å². The molecule has 0 saturated heterocycles. The molecule has 0 amide bonds. The van der Waals surface area contributed by atoms with Gasteiger partial charge in [0.1, 0.15) is 0 Å². The highest BCUT2D eigenvalue weighted by atomic mass is 14.2. The van der Waals surface area contributed by atoms with E-state index in [-0.39, 0.29) is 0 Å². The molecule has 0 atom stereocenters. The Morgan fingerprint density at radius 2 is 0.214 bits per heavy atom. The Morgan fingerprint density at radius 1 is 0.100 bits per heavy atom. The van der Waals surface area contributed by atoms with E-state index in [2.05, 4.69) is 267 Å². The lowest BCUT2D eigenvalue weighted by Crippen LogP contribution is -1.87. The summed E-state index contributed by atoms with van der Waals surface area (Å²) in [5.41, 5.74) is 0. The molecule has 0 aliphatic carbocycles. The van der Waals surface area contributed by atoms with Crippen LogP contribution in [0.15, 0.2) is 267 Å². The minimum atomic E-state index is 1.30. The van der Waals surface area contributed by atoms with E-state index in [0.717, 1.165) is 0 Å². The molecular formula is C70H44. The van der Waals surface area contributed by atoms with Crippen LogP contribution >= 0.6 is 0 Å². The van der Waals surface area contributed by atoms with Gasteiger partial charge in [-0.15, -0.1) is 0 Å². The maximum absolute atomic E-state index is 2.42. The second-order valence-electron chi connectivity index (χ2n) is 18.6. The molecule has 0 saturated carbocycles. The van der Waals surface area contributed by atoms with Gasteiger partial charge >= 0.3 is 0 Å². The van der Waals surface area contributed by atoms with Gasteiger partial charge < -0.3 is 0 Å². The summed E-state index contributed by atoms with van der Waals surface area (Å²) in [4.78, 5) is 0. The summed E-state index contributed by atoms with van der Waals surface area (Å²) in [6.07, 6.45) is 0. The second kappa shape index (κ2) is 16.3. The number of rotatable bonds is 0. The van der Waals surface area contributed by atoms with Gasteiger partial charge in [-0.3, -0.25) is 0 Å². The normalized spacial score (nSPS) is 11.7. The van der Waals surface area contributed by atoms with Crippen LogP contribution < -0.4 is 0 Å². The van der Waals surface area contributed by atoms with Crippen LogP contribution in [0.1, 0.15) is 0 Å². The van der Waals surface area contributed by atoms with Crippen LogP contribution in [0.4, 0.5) is 0 Å². The molecule has 0 heterocycles. The SMILES string of the molecule is c1ccc2c(c1)c1ccccc1c1cc3c4ccccc4c4ccccc4c3cc21.c1ccc2c(c1)c1ccccc1c1ccccc21.c1ccc2cc3c4ccccc4c4ccccc4c3cc2c1. The highest BCUT2D eigenvalue weighted by Crippen LogP contribution is 2.42. The van der Waals surface area contributed by atoms with Crippen molar-refractivity contribution in [2.24, 2.45) is 0 Å². The van der Waals surface area contributed by atoms with Crippen LogP contribution in [0.5, 0.6) is 0 Å². The molecule has 0 aromatic heterocycles. The predicted octanol–water partition coefficient (Wildman–Crippen LogP) is 20.1. The Hall–Kier alpha value is -9.10. The number of hydrogen-bond acceptors (Lipinski definition) is 0. The minimum absolute atomic E-state index is 1.30. The Labute approximate surface area is 404 Å². The number of hydrogen-bond donors (Lipinski definition) is 0. The van der Waals surface area contributed by atoms with Crippen molar-refractivity contribution >= 4 is 140 Å². The zero-order valence-corrected chi connectivity index (χ0v) is 38.4. The summed E-state index contributed by atoms with van der Waals surface area (Å²) in [6.45, 7) is 0. The third-order valence-electron chi connectivity index (χ3n) is 14.9. The molecule has 16 aromatic carbocycles. The van der Waals surface area contributed by atoms with Crippen LogP contribution in [0.2, 0.25) is 0 Å². The molecule has 16 aromatic rings. The van der Waals surface area contributed by atoms with Gasteiger partial charge in [-0.2, -0.15) is 0 Å². The van der Waals surface area contributed by atoms with E-state index >= 15 is 0 Å². The predicted molar refractivity (Wildman–Crippen MR) is 307 cm³/mol. The molecule has 0 unspecified atom stereocenters. The molecule has 0 nitrogen and oxygen atoms in total. The van der Waals surface area contributed by atoms with E-state index in [4.69, 9.17) is 0 Å². The minimum Gasteiger partial charge on any atom is -0.0616 e. The topological polar surface area (TPSA) is 0 Å². The Balaban J connectivity index is 0.000000102. The molecule has 0 aliphatic rings. The summed E-state index contributed by atoms with van der Waals surface area (Å²) in [7, 11) is 0. The summed E-state index contributed by atoms with van der Waals surface area (Å²) in [5.74, 6) is 0. The molecule has 0 N–H and O–H groups in total. The highest BCUT2D eigenvalue weighted by Gasteiger charge is 2.14. The Morgan fingerprint density at radius 3 is 0.371 bits per heavy atom. The van der Waals surface area contributed by atoms with Gasteiger partial charge in [0, 0.05) is 0 Å².